The second-order valence-corrected chi connectivity index (χ2v) is 7.32. The molecule has 0 radical (unpaired) electrons. The van der Waals surface area contributed by atoms with E-state index in [2.05, 4.69) is 61.1 Å². The highest BCUT2D eigenvalue weighted by Gasteiger charge is 2.09. The van der Waals surface area contributed by atoms with Crippen LogP contribution < -0.4 is 5.32 Å². The van der Waals surface area contributed by atoms with Gasteiger partial charge in [-0.2, -0.15) is 11.8 Å². The third-order valence-corrected chi connectivity index (χ3v) is 5.46. The van der Waals surface area contributed by atoms with Crippen molar-refractivity contribution in [2.24, 2.45) is 0 Å². The summed E-state index contributed by atoms with van der Waals surface area (Å²) in [7, 11) is 0. The zero-order valence-electron chi connectivity index (χ0n) is 12.0. The molecule has 21 heavy (non-hydrogen) atoms. The number of aromatic nitrogens is 1. The predicted octanol–water partition coefficient (Wildman–Crippen LogP) is 3.14. The summed E-state index contributed by atoms with van der Waals surface area (Å²) in [6.07, 6.45) is 1.86. The van der Waals surface area contributed by atoms with Gasteiger partial charge in [-0.1, -0.05) is 28.1 Å². The Morgan fingerprint density at radius 3 is 2.95 bits per heavy atom. The van der Waals surface area contributed by atoms with Crippen LogP contribution in [0.5, 0.6) is 0 Å². The maximum absolute atomic E-state index is 4.53. The van der Waals surface area contributed by atoms with E-state index in [9.17, 15) is 0 Å². The van der Waals surface area contributed by atoms with Gasteiger partial charge in [-0.05, 0) is 17.7 Å². The van der Waals surface area contributed by atoms with Crippen LogP contribution in [0.15, 0.2) is 34.9 Å². The average molecular weight is 366 g/mol. The largest absolute Gasteiger partial charge is 0.311 e. The zero-order valence-corrected chi connectivity index (χ0v) is 14.4. The highest BCUT2D eigenvalue weighted by Crippen LogP contribution is 2.25. The van der Waals surface area contributed by atoms with Gasteiger partial charge < -0.3 is 10.2 Å². The summed E-state index contributed by atoms with van der Waals surface area (Å²) in [4.78, 5) is 7.07. The van der Waals surface area contributed by atoms with Crippen molar-refractivity contribution in [2.45, 2.75) is 6.54 Å². The molecule has 1 aliphatic rings. The molecular formula is C16H20BrN3S. The number of nitrogens with zero attached hydrogens (tertiary/aromatic N) is 2. The topological polar surface area (TPSA) is 28.2 Å². The van der Waals surface area contributed by atoms with E-state index < -0.39 is 0 Å². The van der Waals surface area contributed by atoms with Crippen LogP contribution in [0.1, 0.15) is 5.56 Å². The van der Waals surface area contributed by atoms with Gasteiger partial charge in [-0.15, -0.1) is 0 Å². The first-order valence-electron chi connectivity index (χ1n) is 7.37. The lowest BCUT2D eigenvalue weighted by atomic mass is 10.1. The highest BCUT2D eigenvalue weighted by molar-refractivity contribution is 9.10. The number of pyridine rings is 1. The van der Waals surface area contributed by atoms with Crippen molar-refractivity contribution in [1.82, 2.24) is 15.2 Å². The molecular weight excluding hydrogens is 346 g/mol. The van der Waals surface area contributed by atoms with Crippen LogP contribution in [0.25, 0.3) is 10.9 Å². The van der Waals surface area contributed by atoms with E-state index >= 15 is 0 Å². The maximum atomic E-state index is 4.53. The number of rotatable bonds is 5. The molecule has 2 aromatic rings. The normalized spacial score (nSPS) is 16.4. The van der Waals surface area contributed by atoms with Crippen molar-refractivity contribution in [3.8, 4) is 0 Å². The van der Waals surface area contributed by atoms with Crippen molar-refractivity contribution in [3.63, 3.8) is 0 Å². The van der Waals surface area contributed by atoms with Gasteiger partial charge in [-0.3, -0.25) is 4.98 Å². The molecule has 0 atom stereocenters. The quantitative estimate of drug-likeness (QED) is 0.823. The van der Waals surface area contributed by atoms with E-state index in [1.165, 1.54) is 35.5 Å². The smallest absolute Gasteiger partial charge is 0.0758 e. The van der Waals surface area contributed by atoms with Gasteiger partial charge >= 0.3 is 0 Å². The molecule has 0 saturated carbocycles. The standard InChI is InChI=1S/C16H20BrN3S/c17-15-4-3-13(16-14(15)2-1-5-19-16)12-18-6-7-20-8-10-21-11-9-20/h1-5,18H,6-12H2. The van der Waals surface area contributed by atoms with Crippen LogP contribution in [0, 0.1) is 0 Å². The van der Waals surface area contributed by atoms with E-state index in [-0.39, 0.29) is 0 Å². The molecule has 1 aromatic carbocycles. The van der Waals surface area contributed by atoms with Gasteiger partial charge in [0.2, 0.25) is 0 Å². The second-order valence-electron chi connectivity index (χ2n) is 5.24. The molecule has 2 heterocycles. The minimum Gasteiger partial charge on any atom is -0.311 e. The van der Waals surface area contributed by atoms with Crippen LogP contribution in [-0.4, -0.2) is 47.6 Å². The van der Waals surface area contributed by atoms with E-state index in [1.54, 1.807) is 0 Å². The molecule has 0 bridgehead atoms. The first-order chi connectivity index (χ1) is 10.3. The number of fused-ring (bicyclic) bond motifs is 1. The highest BCUT2D eigenvalue weighted by atomic mass is 79.9. The zero-order chi connectivity index (χ0) is 14.5. The lowest BCUT2D eigenvalue weighted by Crippen LogP contribution is -2.37. The fourth-order valence-corrected chi connectivity index (χ4v) is 4.05. The minimum atomic E-state index is 0.878. The molecule has 1 aliphatic heterocycles. The molecule has 112 valence electrons. The SMILES string of the molecule is Brc1ccc(CNCCN2CCSCC2)c2ncccc12. The average Bonchev–Trinajstić information content (AvgIpc) is 2.55. The first kappa shape index (κ1) is 15.3. The van der Waals surface area contributed by atoms with Gasteiger partial charge in [0.1, 0.15) is 0 Å². The van der Waals surface area contributed by atoms with Crippen molar-refractivity contribution in [1.29, 1.82) is 0 Å². The third-order valence-electron chi connectivity index (χ3n) is 3.82. The Morgan fingerprint density at radius 2 is 2.10 bits per heavy atom. The van der Waals surface area contributed by atoms with Gasteiger partial charge in [0, 0.05) is 60.3 Å². The van der Waals surface area contributed by atoms with Crippen LogP contribution in [-0.2, 0) is 6.54 Å². The third kappa shape index (κ3) is 3.97. The number of hydrogen-bond donors (Lipinski definition) is 1. The predicted molar refractivity (Wildman–Crippen MR) is 94.9 cm³/mol. The Balaban J connectivity index is 1.57. The number of hydrogen-bond acceptors (Lipinski definition) is 4. The fraction of sp³-hybridized carbons (Fsp3) is 0.438. The van der Waals surface area contributed by atoms with Crippen LogP contribution in [0.3, 0.4) is 0 Å². The molecule has 1 N–H and O–H groups in total. The van der Waals surface area contributed by atoms with E-state index in [0.717, 1.165) is 29.6 Å². The number of halogens is 1. The van der Waals surface area contributed by atoms with Gasteiger partial charge in [0.15, 0.2) is 0 Å². The monoisotopic (exact) mass is 365 g/mol. The molecule has 0 amide bonds. The molecule has 1 saturated heterocycles. The lowest BCUT2D eigenvalue weighted by Gasteiger charge is -2.26. The molecule has 0 unspecified atom stereocenters. The summed E-state index contributed by atoms with van der Waals surface area (Å²) in [5, 5.41) is 4.74. The molecule has 3 nitrogen and oxygen atoms in total. The molecule has 5 heteroatoms. The molecule has 0 spiro atoms. The summed E-state index contributed by atoms with van der Waals surface area (Å²) in [5.41, 5.74) is 2.36. The summed E-state index contributed by atoms with van der Waals surface area (Å²) in [6, 6.07) is 8.37. The van der Waals surface area contributed by atoms with Crippen molar-refractivity contribution >= 4 is 38.6 Å². The number of benzene rings is 1. The number of thioether (sulfide) groups is 1. The van der Waals surface area contributed by atoms with Crippen molar-refractivity contribution < 1.29 is 0 Å². The Hall–Kier alpha value is -0.620. The van der Waals surface area contributed by atoms with E-state index in [1.807, 2.05) is 12.3 Å². The van der Waals surface area contributed by atoms with Gasteiger partial charge in [0.05, 0.1) is 5.52 Å². The second kappa shape index (κ2) is 7.58. The van der Waals surface area contributed by atoms with Crippen molar-refractivity contribution in [3.05, 3.63) is 40.5 Å². The Morgan fingerprint density at radius 1 is 1.24 bits per heavy atom. The summed E-state index contributed by atoms with van der Waals surface area (Å²) in [5.74, 6) is 2.56. The van der Waals surface area contributed by atoms with Crippen LogP contribution in [0.2, 0.25) is 0 Å². The fourth-order valence-electron chi connectivity index (χ4n) is 2.62. The molecule has 3 rings (SSSR count). The molecule has 1 fully saturated rings. The van der Waals surface area contributed by atoms with Crippen LogP contribution in [0.4, 0.5) is 0 Å². The summed E-state index contributed by atoms with van der Waals surface area (Å²) < 4.78 is 1.11. The van der Waals surface area contributed by atoms with Gasteiger partial charge in [-0.25, -0.2) is 0 Å². The van der Waals surface area contributed by atoms with Gasteiger partial charge in [0.25, 0.3) is 0 Å². The van der Waals surface area contributed by atoms with E-state index in [4.69, 9.17) is 0 Å². The Bertz CT molecular complexity index is 599. The first-order valence-corrected chi connectivity index (χ1v) is 9.32. The van der Waals surface area contributed by atoms with Crippen LogP contribution >= 0.6 is 27.7 Å². The molecule has 1 aromatic heterocycles. The summed E-state index contributed by atoms with van der Waals surface area (Å²) in [6.45, 7) is 5.52. The van der Waals surface area contributed by atoms with E-state index in [0.29, 0.717) is 0 Å². The number of nitrogens with one attached hydrogen (secondary N) is 1. The lowest BCUT2D eigenvalue weighted by molar-refractivity contribution is 0.301. The Labute approximate surface area is 138 Å². The maximum Gasteiger partial charge on any atom is 0.0758 e. The van der Waals surface area contributed by atoms with Crippen molar-refractivity contribution in [2.75, 3.05) is 37.7 Å². The molecule has 0 aliphatic carbocycles. The summed E-state index contributed by atoms with van der Waals surface area (Å²) >= 11 is 5.66. The Kier molecular flexibility index (Phi) is 5.52. The minimum absolute atomic E-state index is 0.878.